The SMILES string of the molecule is Cc1nc(CN(C)C(=O)C2C3C(=O)N(CCc4ccncc4)C[C@]34C=C[C@H]2O4)no1. The van der Waals surface area contributed by atoms with Gasteiger partial charge in [-0.2, -0.15) is 4.98 Å². The van der Waals surface area contributed by atoms with Crippen LogP contribution >= 0.6 is 0 Å². The fraction of sp³-hybridized carbons (Fsp3) is 0.476. The van der Waals surface area contributed by atoms with Crippen molar-refractivity contribution < 1.29 is 18.8 Å². The maximum absolute atomic E-state index is 13.3. The lowest BCUT2D eigenvalue weighted by atomic mass is 9.76. The van der Waals surface area contributed by atoms with Gasteiger partial charge in [-0.25, -0.2) is 0 Å². The van der Waals surface area contributed by atoms with E-state index in [9.17, 15) is 9.59 Å². The maximum Gasteiger partial charge on any atom is 0.230 e. The van der Waals surface area contributed by atoms with Gasteiger partial charge >= 0.3 is 0 Å². The molecule has 2 aromatic rings. The van der Waals surface area contributed by atoms with Crippen LogP contribution in [0.15, 0.2) is 41.2 Å². The lowest BCUT2D eigenvalue weighted by Gasteiger charge is -2.27. The lowest BCUT2D eigenvalue weighted by Crippen LogP contribution is -2.44. The first-order valence-electron chi connectivity index (χ1n) is 10.1. The minimum atomic E-state index is -0.704. The molecular weight excluding hydrogens is 386 g/mol. The van der Waals surface area contributed by atoms with Gasteiger partial charge in [0.05, 0.1) is 31.0 Å². The number of carbonyl (C=O) groups excluding carboxylic acids is 2. The first kappa shape index (κ1) is 18.9. The first-order chi connectivity index (χ1) is 14.5. The summed E-state index contributed by atoms with van der Waals surface area (Å²) in [7, 11) is 1.69. The topological polar surface area (TPSA) is 102 Å². The van der Waals surface area contributed by atoms with E-state index in [-0.39, 0.29) is 24.5 Å². The van der Waals surface area contributed by atoms with E-state index >= 15 is 0 Å². The van der Waals surface area contributed by atoms with Crippen molar-refractivity contribution in [1.29, 1.82) is 0 Å². The number of fused-ring (bicyclic) bond motifs is 1. The molecular formula is C21H23N5O4. The molecule has 3 aliphatic rings. The van der Waals surface area contributed by atoms with Crippen LogP contribution in [0.25, 0.3) is 0 Å². The molecule has 2 unspecified atom stereocenters. The van der Waals surface area contributed by atoms with Crippen molar-refractivity contribution in [1.82, 2.24) is 24.9 Å². The summed E-state index contributed by atoms with van der Waals surface area (Å²) in [4.78, 5) is 38.1. The Labute approximate surface area is 173 Å². The predicted octanol–water partition coefficient (Wildman–Crippen LogP) is 0.756. The normalized spacial score (nSPS) is 28.9. The summed E-state index contributed by atoms with van der Waals surface area (Å²) in [6, 6.07) is 3.89. The Kier molecular flexibility index (Phi) is 4.43. The third-order valence-corrected chi connectivity index (χ3v) is 6.21. The fourth-order valence-corrected chi connectivity index (χ4v) is 4.81. The zero-order valence-corrected chi connectivity index (χ0v) is 16.9. The van der Waals surface area contributed by atoms with E-state index in [0.29, 0.717) is 24.8 Å². The third-order valence-electron chi connectivity index (χ3n) is 6.21. The number of nitrogens with zero attached hydrogens (tertiary/aromatic N) is 5. The van der Waals surface area contributed by atoms with Crippen molar-refractivity contribution in [2.45, 2.75) is 31.6 Å². The van der Waals surface area contributed by atoms with E-state index in [2.05, 4.69) is 15.1 Å². The zero-order chi connectivity index (χ0) is 20.9. The summed E-state index contributed by atoms with van der Waals surface area (Å²) < 4.78 is 11.2. The maximum atomic E-state index is 13.3. The molecule has 30 heavy (non-hydrogen) atoms. The Hall–Kier alpha value is -3.07. The van der Waals surface area contributed by atoms with Gasteiger partial charge in [0.2, 0.25) is 17.7 Å². The van der Waals surface area contributed by atoms with E-state index in [0.717, 1.165) is 12.0 Å². The molecule has 2 amide bonds. The highest BCUT2D eigenvalue weighted by Crippen LogP contribution is 2.52. The highest BCUT2D eigenvalue weighted by atomic mass is 16.5. The lowest BCUT2D eigenvalue weighted by molar-refractivity contribution is -0.142. The smallest absolute Gasteiger partial charge is 0.230 e. The Morgan fingerprint density at radius 2 is 2.17 bits per heavy atom. The summed E-state index contributed by atoms with van der Waals surface area (Å²) in [6.45, 7) is 2.99. The number of likely N-dealkylation sites (tertiary alicyclic amines) is 1. The summed E-state index contributed by atoms with van der Waals surface area (Å²) >= 11 is 0. The Morgan fingerprint density at radius 3 is 2.90 bits per heavy atom. The predicted molar refractivity (Wildman–Crippen MR) is 104 cm³/mol. The van der Waals surface area contributed by atoms with Gasteiger partial charge in [0.1, 0.15) is 5.60 Å². The molecule has 2 bridgehead atoms. The second kappa shape index (κ2) is 7.02. The molecule has 2 saturated heterocycles. The highest BCUT2D eigenvalue weighted by Gasteiger charge is 2.66. The van der Waals surface area contributed by atoms with Crippen LogP contribution < -0.4 is 0 Å². The van der Waals surface area contributed by atoms with E-state index in [4.69, 9.17) is 9.26 Å². The summed E-state index contributed by atoms with van der Waals surface area (Å²) in [5.74, 6) is -0.291. The summed E-state index contributed by atoms with van der Waals surface area (Å²) in [5.41, 5.74) is 0.417. The molecule has 0 N–H and O–H groups in total. The molecule has 0 aliphatic carbocycles. The number of pyridine rings is 1. The van der Waals surface area contributed by atoms with Crippen molar-refractivity contribution in [2.24, 2.45) is 11.8 Å². The van der Waals surface area contributed by atoms with Gasteiger partial charge in [-0.3, -0.25) is 14.6 Å². The van der Waals surface area contributed by atoms with Crippen molar-refractivity contribution >= 4 is 11.8 Å². The van der Waals surface area contributed by atoms with E-state index in [1.165, 1.54) is 0 Å². The minimum Gasteiger partial charge on any atom is -0.360 e. The molecule has 156 valence electrons. The van der Waals surface area contributed by atoms with E-state index in [1.54, 1.807) is 31.3 Å². The molecule has 5 rings (SSSR count). The van der Waals surface area contributed by atoms with Crippen LogP contribution in [0.1, 0.15) is 17.3 Å². The van der Waals surface area contributed by atoms with Gasteiger partial charge in [0.25, 0.3) is 0 Å². The van der Waals surface area contributed by atoms with Gasteiger partial charge in [-0.1, -0.05) is 17.3 Å². The van der Waals surface area contributed by atoms with Gasteiger partial charge in [0, 0.05) is 32.9 Å². The quantitative estimate of drug-likeness (QED) is 0.649. The van der Waals surface area contributed by atoms with Crippen molar-refractivity contribution in [3.63, 3.8) is 0 Å². The van der Waals surface area contributed by atoms with Gasteiger partial charge < -0.3 is 19.1 Å². The Morgan fingerprint density at radius 1 is 1.37 bits per heavy atom. The molecule has 1 spiro atoms. The first-order valence-corrected chi connectivity index (χ1v) is 10.1. The number of carbonyl (C=O) groups is 2. The monoisotopic (exact) mass is 409 g/mol. The molecule has 4 atom stereocenters. The number of rotatable bonds is 6. The third kappa shape index (κ3) is 3.00. The standard InChI is InChI=1S/C21H23N5O4/c1-13-23-16(24-30-13)11-25(2)19(27)17-15-3-7-21(29-15)12-26(20(28)18(17)21)10-6-14-4-8-22-9-5-14/h3-5,7-9,15,17-18H,6,10-12H2,1-2H3/t15-,17?,18?,21-/m1/s1. The van der Waals surface area contributed by atoms with E-state index < -0.39 is 17.4 Å². The van der Waals surface area contributed by atoms with Crippen molar-refractivity contribution in [3.05, 3.63) is 54.0 Å². The van der Waals surface area contributed by atoms with Gasteiger partial charge in [-0.05, 0) is 24.1 Å². The van der Waals surface area contributed by atoms with Crippen molar-refractivity contribution in [3.8, 4) is 0 Å². The Bertz CT molecular complexity index is 1010. The molecule has 0 saturated carbocycles. The van der Waals surface area contributed by atoms with Crippen LogP contribution in [-0.2, 0) is 27.3 Å². The molecule has 0 radical (unpaired) electrons. The molecule has 0 aromatic carbocycles. The second-order valence-electron chi connectivity index (χ2n) is 8.19. The zero-order valence-electron chi connectivity index (χ0n) is 16.9. The number of hydrogen-bond donors (Lipinski definition) is 0. The van der Waals surface area contributed by atoms with E-state index in [1.807, 2.05) is 29.2 Å². The number of amides is 2. The average molecular weight is 409 g/mol. The van der Waals surface area contributed by atoms with Crippen LogP contribution in [0, 0.1) is 18.8 Å². The van der Waals surface area contributed by atoms with Crippen LogP contribution in [0.4, 0.5) is 0 Å². The molecule has 3 aliphatic heterocycles. The van der Waals surface area contributed by atoms with Gasteiger partial charge in [-0.15, -0.1) is 0 Å². The molecule has 9 heteroatoms. The number of hydrogen-bond acceptors (Lipinski definition) is 7. The number of aromatic nitrogens is 3. The number of aryl methyl sites for hydroxylation is 1. The molecule has 9 nitrogen and oxygen atoms in total. The van der Waals surface area contributed by atoms with Crippen LogP contribution in [0.5, 0.6) is 0 Å². The Balaban J connectivity index is 1.31. The van der Waals surface area contributed by atoms with Crippen LogP contribution in [-0.4, -0.2) is 68.6 Å². The molecule has 2 aromatic heterocycles. The largest absolute Gasteiger partial charge is 0.360 e. The molecule has 2 fully saturated rings. The van der Waals surface area contributed by atoms with Crippen molar-refractivity contribution in [2.75, 3.05) is 20.1 Å². The minimum absolute atomic E-state index is 0.0157. The van der Waals surface area contributed by atoms with Crippen LogP contribution in [0.2, 0.25) is 0 Å². The average Bonchev–Trinajstić information content (AvgIpc) is 3.48. The van der Waals surface area contributed by atoms with Crippen LogP contribution in [0.3, 0.4) is 0 Å². The molecule has 5 heterocycles. The van der Waals surface area contributed by atoms with Gasteiger partial charge in [0.15, 0.2) is 5.82 Å². The second-order valence-corrected chi connectivity index (χ2v) is 8.19. The summed E-state index contributed by atoms with van der Waals surface area (Å²) in [6.07, 6.45) is 7.75. The fourth-order valence-electron chi connectivity index (χ4n) is 4.81. The highest BCUT2D eigenvalue weighted by molar-refractivity contribution is 5.93. The number of ether oxygens (including phenoxy) is 1. The summed E-state index contributed by atoms with van der Waals surface area (Å²) in [5, 5.41) is 3.85.